The van der Waals surface area contributed by atoms with Gasteiger partial charge in [0.15, 0.2) is 5.58 Å². The SMILES string of the molecule is Fc1ccc(N(c2cc3c(c4ccccc24)-c2c(ccc4ccccc24)C32c3ccccc3N(C3=CC=CCC3)C3C=CC=CC32)c2cccc3c2oc2c(C(F)(F)F)cccc23)cc1. The van der Waals surface area contributed by atoms with Crippen molar-refractivity contribution in [3.8, 4) is 11.1 Å². The predicted octanol–water partition coefficient (Wildman–Crippen LogP) is 16.0. The Morgan fingerprint density at radius 2 is 1.31 bits per heavy atom. The van der Waals surface area contributed by atoms with E-state index >= 15 is 0 Å². The highest BCUT2D eigenvalue weighted by molar-refractivity contribution is 6.17. The van der Waals surface area contributed by atoms with Gasteiger partial charge in [0.25, 0.3) is 0 Å². The van der Waals surface area contributed by atoms with Gasteiger partial charge in [0.05, 0.1) is 28.4 Å². The first kappa shape index (κ1) is 37.9. The molecule has 3 nitrogen and oxygen atoms in total. The van der Waals surface area contributed by atoms with Gasteiger partial charge >= 0.3 is 6.18 Å². The third kappa shape index (κ3) is 5.29. The van der Waals surface area contributed by atoms with Crippen molar-refractivity contribution < 1.29 is 22.0 Å². The summed E-state index contributed by atoms with van der Waals surface area (Å²) in [6.07, 6.45) is 13.0. The molecule has 314 valence electrons. The number of anilines is 4. The summed E-state index contributed by atoms with van der Waals surface area (Å²) in [6, 6.07) is 48.8. The smallest absolute Gasteiger partial charge is 0.420 e. The molecule has 13 rings (SSSR count). The number of benzene rings is 8. The zero-order chi connectivity index (χ0) is 43.6. The first-order valence-electron chi connectivity index (χ1n) is 22.1. The average Bonchev–Trinajstić information content (AvgIpc) is 3.87. The number of halogens is 4. The van der Waals surface area contributed by atoms with Gasteiger partial charge in [-0.2, -0.15) is 13.2 Å². The van der Waals surface area contributed by atoms with Crippen molar-refractivity contribution >= 4 is 66.2 Å². The molecule has 2 heterocycles. The molecule has 3 unspecified atom stereocenters. The van der Waals surface area contributed by atoms with Gasteiger partial charge < -0.3 is 14.2 Å². The molecule has 0 radical (unpaired) electrons. The molecule has 1 spiro atoms. The minimum atomic E-state index is -4.63. The Hall–Kier alpha value is -7.64. The lowest BCUT2D eigenvalue weighted by molar-refractivity contribution is -0.136. The molecular weight excluding hydrogens is 817 g/mol. The maximum absolute atomic E-state index is 15.0. The molecule has 0 bridgehead atoms. The highest BCUT2D eigenvalue weighted by Gasteiger charge is 2.58. The van der Waals surface area contributed by atoms with E-state index in [4.69, 9.17) is 4.42 Å². The van der Waals surface area contributed by atoms with Crippen LogP contribution >= 0.6 is 0 Å². The molecule has 4 aliphatic rings. The Balaban J connectivity index is 1.18. The molecule has 1 aliphatic heterocycles. The molecule has 7 heteroatoms. The molecule has 8 aromatic carbocycles. The van der Waals surface area contributed by atoms with Gasteiger partial charge in [0, 0.05) is 39.1 Å². The van der Waals surface area contributed by atoms with Gasteiger partial charge in [-0.15, -0.1) is 0 Å². The van der Waals surface area contributed by atoms with Crippen LogP contribution in [0, 0.1) is 11.7 Å². The van der Waals surface area contributed by atoms with Gasteiger partial charge in [-0.1, -0.05) is 140 Å². The lowest BCUT2D eigenvalue weighted by Gasteiger charge is -2.53. The van der Waals surface area contributed by atoms with Crippen LogP contribution in [0.15, 0.2) is 204 Å². The fourth-order valence-corrected chi connectivity index (χ4v) is 11.7. The normalized spacial score (nSPS) is 19.5. The van der Waals surface area contributed by atoms with E-state index in [1.54, 1.807) is 24.3 Å². The third-order valence-corrected chi connectivity index (χ3v) is 14.2. The Bertz CT molecular complexity index is 3590. The van der Waals surface area contributed by atoms with E-state index in [1.807, 2.05) is 23.1 Å². The second-order valence-electron chi connectivity index (χ2n) is 17.4. The molecule has 0 saturated heterocycles. The zero-order valence-corrected chi connectivity index (χ0v) is 34.9. The summed E-state index contributed by atoms with van der Waals surface area (Å²) in [5.41, 5.74) is 8.78. The number of allylic oxidation sites excluding steroid dienone is 6. The molecule has 1 aromatic heterocycles. The fraction of sp³-hybridized carbons (Fsp3) is 0.103. The second-order valence-corrected chi connectivity index (χ2v) is 17.4. The number of fused-ring (bicyclic) bond motifs is 16. The van der Waals surface area contributed by atoms with Crippen LogP contribution in [0.2, 0.25) is 0 Å². The summed E-state index contributed by atoms with van der Waals surface area (Å²) < 4.78 is 65.1. The van der Waals surface area contributed by atoms with Crippen molar-refractivity contribution in [1.82, 2.24) is 0 Å². The van der Waals surface area contributed by atoms with Crippen molar-refractivity contribution in [1.29, 1.82) is 0 Å². The van der Waals surface area contributed by atoms with Crippen molar-refractivity contribution in [3.63, 3.8) is 0 Å². The Morgan fingerprint density at radius 1 is 0.600 bits per heavy atom. The zero-order valence-electron chi connectivity index (χ0n) is 34.9. The van der Waals surface area contributed by atoms with Crippen LogP contribution in [0.5, 0.6) is 0 Å². The van der Waals surface area contributed by atoms with E-state index < -0.39 is 23.0 Å². The maximum Gasteiger partial charge on any atom is 0.420 e. The van der Waals surface area contributed by atoms with Crippen LogP contribution in [0.25, 0.3) is 54.6 Å². The van der Waals surface area contributed by atoms with Crippen LogP contribution in [0.3, 0.4) is 0 Å². The van der Waals surface area contributed by atoms with Crippen LogP contribution in [-0.4, -0.2) is 6.04 Å². The van der Waals surface area contributed by atoms with Crippen LogP contribution in [0.1, 0.15) is 35.1 Å². The van der Waals surface area contributed by atoms with E-state index in [-0.39, 0.29) is 17.5 Å². The average molecular weight is 855 g/mol. The van der Waals surface area contributed by atoms with E-state index in [2.05, 4.69) is 132 Å². The minimum Gasteiger partial charge on any atom is -0.453 e. The maximum atomic E-state index is 15.0. The van der Waals surface area contributed by atoms with Crippen molar-refractivity contribution in [2.24, 2.45) is 5.92 Å². The van der Waals surface area contributed by atoms with Gasteiger partial charge in [-0.25, -0.2) is 4.39 Å². The first-order valence-corrected chi connectivity index (χ1v) is 22.1. The first-order chi connectivity index (χ1) is 31.8. The standard InChI is InChI=1S/C58H38F4N2O/c59-36-29-31-38(32-30-36)64(51-27-13-21-43-42-20-12-24-47(58(60,61)62)55(42)65-56(43)51)52-34-48-54(41-19-7-6-18-40(41)52)53-39-17-5-4-14-35(39)28-33-46(53)57(48)44-22-8-10-25-49(44)63(37-15-2-1-3-16-37)50-26-11-9-23-45(50)57/h1-2,4-15,17-34,44,49H,3,16H2. The molecule has 3 atom stereocenters. The van der Waals surface area contributed by atoms with Gasteiger partial charge in [-0.3, -0.25) is 0 Å². The lowest BCUT2D eigenvalue weighted by atomic mass is 9.58. The highest BCUT2D eigenvalue weighted by Crippen LogP contribution is 2.66. The Labute approximate surface area is 372 Å². The molecular formula is C58H38F4N2O. The summed E-state index contributed by atoms with van der Waals surface area (Å²) in [5.74, 6) is -0.469. The lowest BCUT2D eigenvalue weighted by Crippen LogP contribution is -2.54. The van der Waals surface area contributed by atoms with E-state index in [9.17, 15) is 17.6 Å². The number of alkyl halides is 3. The molecule has 9 aromatic rings. The third-order valence-electron chi connectivity index (χ3n) is 14.2. The number of para-hydroxylation sites is 3. The predicted molar refractivity (Wildman–Crippen MR) is 255 cm³/mol. The minimum absolute atomic E-state index is 0.0341. The number of hydrogen-bond acceptors (Lipinski definition) is 3. The summed E-state index contributed by atoms with van der Waals surface area (Å²) in [5, 5.41) is 5.18. The van der Waals surface area contributed by atoms with Crippen LogP contribution in [0.4, 0.5) is 40.3 Å². The largest absolute Gasteiger partial charge is 0.453 e. The summed E-state index contributed by atoms with van der Waals surface area (Å²) in [6.45, 7) is 0. The summed E-state index contributed by atoms with van der Waals surface area (Å²) in [7, 11) is 0. The highest BCUT2D eigenvalue weighted by atomic mass is 19.4. The quantitative estimate of drug-likeness (QED) is 0.164. The van der Waals surface area contributed by atoms with E-state index in [0.717, 1.165) is 63.0 Å². The molecule has 3 aliphatic carbocycles. The number of rotatable bonds is 4. The van der Waals surface area contributed by atoms with Crippen LogP contribution < -0.4 is 9.80 Å². The number of hydrogen-bond donors (Lipinski definition) is 0. The van der Waals surface area contributed by atoms with Gasteiger partial charge in [0.2, 0.25) is 0 Å². The number of nitrogens with zero attached hydrogens (tertiary/aromatic N) is 2. The monoisotopic (exact) mass is 854 g/mol. The van der Waals surface area contributed by atoms with Gasteiger partial charge in [0.1, 0.15) is 11.4 Å². The van der Waals surface area contributed by atoms with Crippen molar-refractivity contribution in [2.45, 2.75) is 30.5 Å². The van der Waals surface area contributed by atoms with Crippen LogP contribution in [-0.2, 0) is 11.6 Å². The summed E-state index contributed by atoms with van der Waals surface area (Å²) in [4.78, 5) is 4.60. The molecule has 0 N–H and O–H groups in total. The number of furan rings is 1. The Morgan fingerprint density at radius 3 is 2.12 bits per heavy atom. The van der Waals surface area contributed by atoms with E-state index in [0.29, 0.717) is 27.7 Å². The van der Waals surface area contributed by atoms with E-state index in [1.165, 1.54) is 40.6 Å². The second kappa shape index (κ2) is 13.9. The Kier molecular flexibility index (Phi) is 8.12. The molecule has 0 fully saturated rings. The van der Waals surface area contributed by atoms with Gasteiger partial charge in [-0.05, 0) is 111 Å². The molecule has 0 amide bonds. The molecule has 65 heavy (non-hydrogen) atoms. The topological polar surface area (TPSA) is 19.6 Å². The molecule has 0 saturated carbocycles. The van der Waals surface area contributed by atoms with Crippen molar-refractivity contribution in [2.75, 3.05) is 9.80 Å². The van der Waals surface area contributed by atoms with Crippen molar-refractivity contribution in [3.05, 3.63) is 228 Å². The fourth-order valence-electron chi connectivity index (χ4n) is 11.7. The summed E-state index contributed by atoms with van der Waals surface area (Å²) >= 11 is 0.